The number of esters is 1. The molecule has 2 nitrogen and oxygen atoms in total. The van der Waals surface area contributed by atoms with Crippen LogP contribution in [0.3, 0.4) is 0 Å². The van der Waals surface area contributed by atoms with Crippen molar-refractivity contribution in [3.8, 4) is 0 Å². The first-order valence-corrected chi connectivity index (χ1v) is 8.46. The first-order chi connectivity index (χ1) is 9.31. The van der Waals surface area contributed by atoms with E-state index in [9.17, 15) is 4.79 Å². The Hall–Kier alpha value is 0.269. The summed E-state index contributed by atoms with van der Waals surface area (Å²) in [7, 11) is 0. The fourth-order valence-corrected chi connectivity index (χ4v) is 2.19. The molecule has 0 aromatic rings. The monoisotopic (exact) mass is 392 g/mol. The normalized spacial score (nSPS) is 10.1. The Morgan fingerprint density at radius 3 is 1.70 bits per heavy atom. The molecule has 0 N–H and O–H groups in total. The number of unbranched alkanes of at least 4 members (excludes halogenated alkanes) is 10. The molecule has 0 unspecified atom stereocenters. The van der Waals surface area contributed by atoms with Crippen LogP contribution < -0.4 is 0 Å². The zero-order chi connectivity index (χ0) is 14.2. The molecule has 0 spiro atoms. The topological polar surface area (TPSA) is 26.3 Å². The zero-order valence-electron chi connectivity index (χ0n) is 13.9. The SMILES string of the molecule is CCCCCCCCOC(=O)CCCCCCCC.[SnH2]. The fraction of sp³-hybridized carbons (Fsp3) is 0.941. The quantitative estimate of drug-likeness (QED) is 0.243. The zero-order valence-corrected chi connectivity index (χ0v) is 18.0. The van der Waals surface area contributed by atoms with E-state index in [-0.39, 0.29) is 29.9 Å². The summed E-state index contributed by atoms with van der Waals surface area (Å²) in [6, 6.07) is 0. The summed E-state index contributed by atoms with van der Waals surface area (Å²) < 4.78 is 5.24. The third kappa shape index (κ3) is 18.3. The summed E-state index contributed by atoms with van der Waals surface area (Å²) in [6.07, 6.45) is 15.4. The van der Waals surface area contributed by atoms with Crippen LogP contribution in [0, 0.1) is 0 Å². The Labute approximate surface area is 143 Å². The standard InChI is InChI=1S/C17H34O2.Sn.2H/c1-3-5-7-9-11-13-15-17(18)19-16-14-12-10-8-6-4-2;;;/h3-16H2,1-2H3;;;. The molecule has 0 atom stereocenters. The van der Waals surface area contributed by atoms with Gasteiger partial charge < -0.3 is 4.74 Å². The second-order valence-electron chi connectivity index (χ2n) is 5.51. The van der Waals surface area contributed by atoms with E-state index in [1.165, 1.54) is 64.2 Å². The van der Waals surface area contributed by atoms with E-state index in [1.807, 2.05) is 0 Å². The van der Waals surface area contributed by atoms with Crippen LogP contribution in [0.1, 0.15) is 97.3 Å². The van der Waals surface area contributed by atoms with Gasteiger partial charge in [0.05, 0.1) is 6.61 Å². The van der Waals surface area contributed by atoms with Crippen LogP contribution in [0.5, 0.6) is 0 Å². The first kappa shape index (κ1) is 22.5. The molecule has 120 valence electrons. The van der Waals surface area contributed by atoms with E-state index >= 15 is 0 Å². The van der Waals surface area contributed by atoms with Crippen molar-refractivity contribution < 1.29 is 9.53 Å². The number of carbonyl (C=O) groups is 1. The maximum atomic E-state index is 11.4. The van der Waals surface area contributed by atoms with Gasteiger partial charge in [0.2, 0.25) is 0 Å². The molecular weight excluding hydrogens is 355 g/mol. The molecule has 0 fully saturated rings. The van der Waals surface area contributed by atoms with Crippen molar-refractivity contribution in [2.24, 2.45) is 0 Å². The Kier molecular flexibility index (Phi) is 21.7. The summed E-state index contributed by atoms with van der Waals surface area (Å²) in [6.45, 7) is 5.07. The van der Waals surface area contributed by atoms with E-state index < -0.39 is 0 Å². The number of carbonyl (C=O) groups excluding carboxylic acids is 1. The van der Waals surface area contributed by atoms with Crippen LogP contribution in [0.4, 0.5) is 0 Å². The van der Waals surface area contributed by atoms with Gasteiger partial charge in [-0.3, -0.25) is 4.79 Å². The van der Waals surface area contributed by atoms with Crippen molar-refractivity contribution in [3.05, 3.63) is 0 Å². The molecule has 0 saturated carbocycles. The third-order valence-electron chi connectivity index (χ3n) is 3.50. The van der Waals surface area contributed by atoms with Gasteiger partial charge >= 0.3 is 29.9 Å². The number of hydrogen-bond acceptors (Lipinski definition) is 2. The molecule has 20 heavy (non-hydrogen) atoms. The third-order valence-corrected chi connectivity index (χ3v) is 3.50. The summed E-state index contributed by atoms with van der Waals surface area (Å²) in [5.74, 6) is 0.00375. The molecule has 0 saturated heterocycles. The molecule has 3 heteroatoms. The minimum absolute atomic E-state index is 0. The molecule has 0 aliphatic heterocycles. The van der Waals surface area contributed by atoms with E-state index in [4.69, 9.17) is 4.74 Å². The average molecular weight is 391 g/mol. The second kappa shape index (κ2) is 19.3. The fourth-order valence-electron chi connectivity index (χ4n) is 2.19. The Bertz CT molecular complexity index is 195. The van der Waals surface area contributed by atoms with Crippen molar-refractivity contribution in [2.45, 2.75) is 97.3 Å². The van der Waals surface area contributed by atoms with Gasteiger partial charge in [-0.25, -0.2) is 0 Å². The van der Waals surface area contributed by atoms with Crippen molar-refractivity contribution in [3.63, 3.8) is 0 Å². The summed E-state index contributed by atoms with van der Waals surface area (Å²) >= 11 is 0. The van der Waals surface area contributed by atoms with Crippen molar-refractivity contribution in [2.75, 3.05) is 6.61 Å². The minimum atomic E-state index is 0. The van der Waals surface area contributed by atoms with Crippen LogP contribution in [0.2, 0.25) is 0 Å². The Morgan fingerprint density at radius 2 is 1.15 bits per heavy atom. The molecule has 0 aliphatic rings. The summed E-state index contributed by atoms with van der Waals surface area (Å²) in [4.78, 5) is 11.4. The molecule has 2 radical (unpaired) electrons. The van der Waals surface area contributed by atoms with Gasteiger partial charge in [0.15, 0.2) is 0 Å². The summed E-state index contributed by atoms with van der Waals surface area (Å²) in [5, 5.41) is 0. The van der Waals surface area contributed by atoms with Crippen molar-refractivity contribution in [1.82, 2.24) is 0 Å². The first-order valence-electron chi connectivity index (χ1n) is 8.46. The van der Waals surface area contributed by atoms with Gasteiger partial charge in [0.25, 0.3) is 0 Å². The Balaban J connectivity index is 0. The predicted molar refractivity (Wildman–Crippen MR) is 90.9 cm³/mol. The van der Waals surface area contributed by atoms with Gasteiger partial charge in [-0.15, -0.1) is 0 Å². The molecule has 0 aromatic carbocycles. The van der Waals surface area contributed by atoms with Gasteiger partial charge in [-0.2, -0.15) is 0 Å². The number of ether oxygens (including phenoxy) is 1. The second-order valence-corrected chi connectivity index (χ2v) is 5.51. The predicted octanol–water partition coefficient (Wildman–Crippen LogP) is 4.72. The van der Waals surface area contributed by atoms with Crippen LogP contribution in [0.15, 0.2) is 0 Å². The van der Waals surface area contributed by atoms with Gasteiger partial charge in [-0.05, 0) is 12.8 Å². The molecule has 0 heterocycles. The van der Waals surface area contributed by atoms with E-state index in [0.29, 0.717) is 13.0 Å². The van der Waals surface area contributed by atoms with Gasteiger partial charge in [-0.1, -0.05) is 78.1 Å². The van der Waals surface area contributed by atoms with E-state index in [1.54, 1.807) is 0 Å². The Morgan fingerprint density at radius 1 is 0.700 bits per heavy atom. The number of hydrogen-bond donors (Lipinski definition) is 0. The molecule has 0 aromatic heterocycles. The molecule has 0 rings (SSSR count). The van der Waals surface area contributed by atoms with Crippen molar-refractivity contribution >= 4 is 29.9 Å². The molecule has 0 amide bonds. The van der Waals surface area contributed by atoms with Crippen molar-refractivity contribution in [1.29, 1.82) is 0 Å². The van der Waals surface area contributed by atoms with Gasteiger partial charge in [0.1, 0.15) is 0 Å². The van der Waals surface area contributed by atoms with Crippen LogP contribution >= 0.6 is 0 Å². The van der Waals surface area contributed by atoms with E-state index in [2.05, 4.69) is 13.8 Å². The van der Waals surface area contributed by atoms with Crippen LogP contribution in [-0.4, -0.2) is 36.5 Å². The van der Waals surface area contributed by atoms with Crippen LogP contribution in [0.25, 0.3) is 0 Å². The molecule has 0 bridgehead atoms. The van der Waals surface area contributed by atoms with Crippen LogP contribution in [-0.2, 0) is 9.53 Å². The molecular formula is C17H36O2Sn. The average Bonchev–Trinajstić information content (AvgIpc) is 2.41. The van der Waals surface area contributed by atoms with Gasteiger partial charge in [0, 0.05) is 6.42 Å². The number of rotatable bonds is 14. The maximum absolute atomic E-state index is 11.4. The summed E-state index contributed by atoms with van der Waals surface area (Å²) in [5.41, 5.74) is 0. The van der Waals surface area contributed by atoms with E-state index in [0.717, 1.165) is 12.8 Å². The molecule has 0 aliphatic carbocycles.